The third kappa shape index (κ3) is 5.80. The van der Waals surface area contributed by atoms with E-state index in [9.17, 15) is 0 Å². The van der Waals surface area contributed by atoms with Crippen LogP contribution in [0.2, 0.25) is 0 Å². The van der Waals surface area contributed by atoms with Gasteiger partial charge in [0.25, 0.3) is 0 Å². The molecule has 3 heteroatoms. The summed E-state index contributed by atoms with van der Waals surface area (Å²) in [6.07, 6.45) is 2.48. The highest BCUT2D eigenvalue weighted by Crippen LogP contribution is 2.18. The van der Waals surface area contributed by atoms with Crippen LogP contribution in [0.15, 0.2) is 0 Å². The highest BCUT2D eigenvalue weighted by Gasteiger charge is 2.27. The van der Waals surface area contributed by atoms with Crippen molar-refractivity contribution in [1.29, 1.82) is 0 Å². The van der Waals surface area contributed by atoms with Gasteiger partial charge in [0.1, 0.15) is 0 Å². The zero-order chi connectivity index (χ0) is 14.5. The molecule has 0 aromatic rings. The molecule has 1 heterocycles. The fourth-order valence-electron chi connectivity index (χ4n) is 2.97. The quantitative estimate of drug-likeness (QED) is 0.799. The Kier molecular flexibility index (Phi) is 6.78. The molecular weight excluding hydrogens is 234 g/mol. The summed E-state index contributed by atoms with van der Waals surface area (Å²) in [5.41, 5.74) is 0.325. The van der Waals surface area contributed by atoms with Gasteiger partial charge in [0.05, 0.1) is 0 Å². The maximum Gasteiger partial charge on any atom is 0.0126 e. The Balaban J connectivity index is 2.30. The van der Waals surface area contributed by atoms with Crippen molar-refractivity contribution in [2.24, 2.45) is 0 Å². The molecule has 0 aliphatic carbocycles. The van der Waals surface area contributed by atoms with E-state index in [0.717, 1.165) is 6.54 Å². The van der Waals surface area contributed by atoms with Crippen molar-refractivity contribution in [2.45, 2.75) is 72.0 Å². The van der Waals surface area contributed by atoms with E-state index in [1.165, 1.54) is 39.0 Å². The van der Waals surface area contributed by atoms with Crippen molar-refractivity contribution in [3.8, 4) is 0 Å². The van der Waals surface area contributed by atoms with Gasteiger partial charge in [0.15, 0.2) is 0 Å². The van der Waals surface area contributed by atoms with Crippen molar-refractivity contribution < 1.29 is 0 Å². The van der Waals surface area contributed by atoms with Crippen LogP contribution in [-0.2, 0) is 0 Å². The first-order chi connectivity index (χ1) is 8.84. The average Bonchev–Trinajstić information content (AvgIpc) is 2.35. The molecule has 1 aliphatic rings. The fraction of sp³-hybridized carbons (Fsp3) is 1.00. The van der Waals surface area contributed by atoms with Gasteiger partial charge in [0.2, 0.25) is 0 Å². The molecule has 0 aromatic carbocycles. The van der Waals surface area contributed by atoms with Crippen molar-refractivity contribution in [1.82, 2.24) is 15.1 Å². The molecule has 0 saturated carbocycles. The Labute approximate surface area is 120 Å². The Morgan fingerprint density at radius 2 is 1.63 bits per heavy atom. The zero-order valence-corrected chi connectivity index (χ0v) is 14.0. The Morgan fingerprint density at radius 1 is 1.05 bits per heavy atom. The normalized spacial score (nSPS) is 22.4. The standard InChI is InChI=1S/C16H35N3/c1-7-8-17-14(2)13-15(3)18-9-11-19(12-10-18)16(4,5)6/h14-15,17H,7-13H2,1-6H3. The summed E-state index contributed by atoms with van der Waals surface area (Å²) >= 11 is 0. The van der Waals surface area contributed by atoms with E-state index < -0.39 is 0 Å². The lowest BCUT2D eigenvalue weighted by Gasteiger charge is -2.44. The topological polar surface area (TPSA) is 18.5 Å². The number of rotatable bonds is 6. The number of nitrogens with one attached hydrogen (secondary N) is 1. The second-order valence-corrected chi connectivity index (χ2v) is 7.13. The van der Waals surface area contributed by atoms with Crippen LogP contribution in [-0.4, -0.2) is 60.1 Å². The molecule has 0 amide bonds. The van der Waals surface area contributed by atoms with Gasteiger partial charge in [-0.3, -0.25) is 9.80 Å². The van der Waals surface area contributed by atoms with Gasteiger partial charge in [-0.05, 0) is 54.0 Å². The van der Waals surface area contributed by atoms with Gasteiger partial charge >= 0.3 is 0 Å². The van der Waals surface area contributed by atoms with Gasteiger partial charge < -0.3 is 5.32 Å². The lowest BCUT2D eigenvalue weighted by molar-refractivity contribution is 0.0421. The maximum absolute atomic E-state index is 3.60. The minimum atomic E-state index is 0.325. The Hall–Kier alpha value is -0.120. The van der Waals surface area contributed by atoms with Crippen LogP contribution in [0.1, 0.15) is 54.4 Å². The van der Waals surface area contributed by atoms with Gasteiger partial charge in [-0.1, -0.05) is 6.92 Å². The smallest absolute Gasteiger partial charge is 0.0126 e. The second kappa shape index (κ2) is 7.61. The Morgan fingerprint density at radius 3 is 2.11 bits per heavy atom. The van der Waals surface area contributed by atoms with Crippen LogP contribution in [0, 0.1) is 0 Å². The van der Waals surface area contributed by atoms with Crippen LogP contribution in [0.5, 0.6) is 0 Å². The van der Waals surface area contributed by atoms with Crippen molar-refractivity contribution in [3.05, 3.63) is 0 Å². The van der Waals surface area contributed by atoms with Gasteiger partial charge in [-0.25, -0.2) is 0 Å². The predicted octanol–water partition coefficient (Wildman–Crippen LogP) is 2.57. The summed E-state index contributed by atoms with van der Waals surface area (Å²) in [6, 6.07) is 1.33. The van der Waals surface area contributed by atoms with Gasteiger partial charge in [-0.2, -0.15) is 0 Å². The molecule has 0 radical (unpaired) electrons. The molecule has 1 saturated heterocycles. The fourth-order valence-corrected chi connectivity index (χ4v) is 2.97. The third-order valence-electron chi connectivity index (χ3n) is 4.32. The summed E-state index contributed by atoms with van der Waals surface area (Å²) in [4.78, 5) is 5.27. The van der Waals surface area contributed by atoms with Gasteiger partial charge in [0, 0.05) is 43.8 Å². The van der Waals surface area contributed by atoms with Crippen molar-refractivity contribution in [2.75, 3.05) is 32.7 Å². The number of nitrogens with zero attached hydrogens (tertiary/aromatic N) is 2. The molecule has 19 heavy (non-hydrogen) atoms. The Bertz CT molecular complexity index is 239. The third-order valence-corrected chi connectivity index (χ3v) is 4.32. The molecule has 1 aliphatic heterocycles. The molecule has 1 rings (SSSR count). The minimum absolute atomic E-state index is 0.325. The first kappa shape index (κ1) is 16.9. The second-order valence-electron chi connectivity index (χ2n) is 7.13. The summed E-state index contributed by atoms with van der Waals surface area (Å²) in [5, 5.41) is 3.60. The predicted molar refractivity (Wildman–Crippen MR) is 84.7 cm³/mol. The van der Waals surface area contributed by atoms with E-state index in [4.69, 9.17) is 0 Å². The summed E-state index contributed by atoms with van der Waals surface area (Å²) in [5.74, 6) is 0. The van der Waals surface area contributed by atoms with Crippen LogP contribution >= 0.6 is 0 Å². The van der Waals surface area contributed by atoms with Crippen LogP contribution < -0.4 is 5.32 Å². The summed E-state index contributed by atoms with van der Waals surface area (Å²) in [6.45, 7) is 19.9. The SMILES string of the molecule is CCCNC(C)CC(C)N1CCN(C(C)(C)C)CC1. The van der Waals surface area contributed by atoms with E-state index >= 15 is 0 Å². The number of piperazine rings is 1. The largest absolute Gasteiger partial charge is 0.314 e. The van der Waals surface area contributed by atoms with Crippen LogP contribution in [0.25, 0.3) is 0 Å². The van der Waals surface area contributed by atoms with Gasteiger partial charge in [-0.15, -0.1) is 0 Å². The lowest BCUT2D eigenvalue weighted by Crippen LogP contribution is -2.55. The molecule has 1 fully saturated rings. The molecule has 0 bridgehead atoms. The minimum Gasteiger partial charge on any atom is -0.314 e. The highest BCUT2D eigenvalue weighted by atomic mass is 15.3. The molecule has 0 spiro atoms. The lowest BCUT2D eigenvalue weighted by atomic mass is 10.0. The summed E-state index contributed by atoms with van der Waals surface area (Å²) < 4.78 is 0. The van der Waals surface area contributed by atoms with E-state index in [1.807, 2.05) is 0 Å². The average molecular weight is 269 g/mol. The molecule has 3 nitrogen and oxygen atoms in total. The van der Waals surface area contributed by atoms with E-state index in [0.29, 0.717) is 17.6 Å². The van der Waals surface area contributed by atoms with Crippen LogP contribution in [0.3, 0.4) is 0 Å². The van der Waals surface area contributed by atoms with E-state index in [2.05, 4.69) is 56.7 Å². The van der Waals surface area contributed by atoms with Crippen LogP contribution in [0.4, 0.5) is 0 Å². The van der Waals surface area contributed by atoms with Crippen molar-refractivity contribution in [3.63, 3.8) is 0 Å². The number of hydrogen-bond acceptors (Lipinski definition) is 3. The zero-order valence-electron chi connectivity index (χ0n) is 14.0. The molecule has 2 unspecified atom stereocenters. The van der Waals surface area contributed by atoms with E-state index in [-0.39, 0.29) is 0 Å². The molecule has 1 N–H and O–H groups in total. The molecule has 0 aromatic heterocycles. The van der Waals surface area contributed by atoms with Crippen molar-refractivity contribution >= 4 is 0 Å². The number of hydrogen-bond donors (Lipinski definition) is 1. The highest BCUT2D eigenvalue weighted by molar-refractivity contribution is 4.84. The molecule has 2 atom stereocenters. The monoisotopic (exact) mass is 269 g/mol. The maximum atomic E-state index is 3.60. The van der Waals surface area contributed by atoms with E-state index in [1.54, 1.807) is 0 Å². The molecular formula is C16H35N3. The summed E-state index contributed by atoms with van der Waals surface area (Å²) in [7, 11) is 0. The molecule has 114 valence electrons. The first-order valence-electron chi connectivity index (χ1n) is 8.07. The first-order valence-corrected chi connectivity index (χ1v) is 8.07.